The number of alkyl halides is 3. The number of carbonyl (C=O) groups excluding carboxylic acids is 1. The molecule has 2 aromatic carbocycles. The topological polar surface area (TPSA) is 80.9 Å². The third kappa shape index (κ3) is 5.19. The molecule has 0 saturated carbocycles. The smallest absolute Gasteiger partial charge is 0.416 e. The number of halogens is 4. The van der Waals surface area contributed by atoms with Gasteiger partial charge < -0.3 is 5.11 Å². The van der Waals surface area contributed by atoms with Crippen molar-refractivity contribution in [2.75, 3.05) is 5.75 Å². The van der Waals surface area contributed by atoms with Crippen LogP contribution < -0.4 is 0 Å². The third-order valence-electron chi connectivity index (χ3n) is 3.96. The highest BCUT2D eigenvalue weighted by Crippen LogP contribution is 2.30. The van der Waals surface area contributed by atoms with Gasteiger partial charge in [0.15, 0.2) is 0 Å². The first-order valence-corrected chi connectivity index (χ1v) is 9.78. The lowest BCUT2D eigenvalue weighted by molar-refractivity contribution is -0.137. The van der Waals surface area contributed by atoms with Crippen molar-refractivity contribution < 1.29 is 23.1 Å². The summed E-state index contributed by atoms with van der Waals surface area (Å²) in [5, 5.41) is 21.5. The minimum Gasteiger partial charge on any atom is -0.508 e. The Labute approximate surface area is 178 Å². The fourth-order valence-electron chi connectivity index (χ4n) is 2.58. The van der Waals surface area contributed by atoms with Gasteiger partial charge in [0.2, 0.25) is 5.16 Å². The number of rotatable bonds is 7. The molecule has 0 bridgehead atoms. The zero-order chi connectivity index (χ0) is 21.9. The molecule has 0 unspecified atom stereocenters. The first-order chi connectivity index (χ1) is 14.1. The van der Waals surface area contributed by atoms with Crippen LogP contribution in [-0.4, -0.2) is 36.8 Å². The zero-order valence-electron chi connectivity index (χ0n) is 15.2. The lowest BCUT2D eigenvalue weighted by atomic mass is 10.1. The highest BCUT2D eigenvalue weighted by molar-refractivity contribution is 7.99. The van der Waals surface area contributed by atoms with Crippen LogP contribution in [0.2, 0.25) is 5.02 Å². The van der Waals surface area contributed by atoms with E-state index >= 15 is 0 Å². The Balaban J connectivity index is 1.70. The second-order valence-corrected chi connectivity index (χ2v) is 7.54. The van der Waals surface area contributed by atoms with Crippen LogP contribution in [0.5, 0.6) is 0 Å². The van der Waals surface area contributed by atoms with Gasteiger partial charge in [0.1, 0.15) is 11.5 Å². The highest BCUT2D eigenvalue weighted by atomic mass is 35.5. The molecule has 0 amide bonds. The minimum atomic E-state index is -4.47. The molecule has 0 aliphatic rings. The molecule has 156 valence electrons. The molecular weight excluding hydrogens is 441 g/mol. The van der Waals surface area contributed by atoms with Crippen LogP contribution in [0, 0.1) is 0 Å². The summed E-state index contributed by atoms with van der Waals surface area (Å²) in [7, 11) is 0. The van der Waals surface area contributed by atoms with Crippen LogP contribution in [0.4, 0.5) is 13.2 Å². The Bertz CT molecular complexity index is 1100. The minimum absolute atomic E-state index is 0.0379. The number of hydrogen-bond acceptors (Lipinski definition) is 6. The summed E-state index contributed by atoms with van der Waals surface area (Å²) in [5.41, 5.74) is 0.274. The van der Waals surface area contributed by atoms with Crippen LogP contribution in [0.1, 0.15) is 16.7 Å². The van der Waals surface area contributed by atoms with Gasteiger partial charge in [-0.1, -0.05) is 48.1 Å². The summed E-state index contributed by atoms with van der Waals surface area (Å²) in [4.78, 5) is 12.3. The molecule has 0 fully saturated rings. The molecule has 0 aliphatic heterocycles. The molecule has 0 aliphatic carbocycles. The number of ketones is 1. The Morgan fingerprint density at radius 2 is 2.00 bits per heavy atom. The van der Waals surface area contributed by atoms with E-state index < -0.39 is 11.7 Å². The van der Waals surface area contributed by atoms with Crippen molar-refractivity contribution in [2.24, 2.45) is 0 Å². The first kappa shape index (κ1) is 21.8. The van der Waals surface area contributed by atoms with Gasteiger partial charge in [-0.05, 0) is 40.3 Å². The van der Waals surface area contributed by atoms with Crippen molar-refractivity contribution in [1.82, 2.24) is 20.2 Å². The zero-order valence-corrected chi connectivity index (χ0v) is 16.8. The van der Waals surface area contributed by atoms with E-state index in [9.17, 15) is 23.1 Å². The fraction of sp³-hybridized carbons (Fsp3) is 0.158. The lowest BCUT2D eigenvalue weighted by Crippen LogP contribution is -2.09. The SMILES string of the molecule is C=C(O)c1cc(-n2nnnc2SCC(=O)Cc2cccc(C(F)(F)F)c2)ccc1Cl. The standard InChI is InChI=1S/C19H14ClF3N4O2S/c1-11(28)16-9-14(5-6-17(16)20)27-18(24-25-26-27)30-10-15(29)8-12-3-2-4-13(7-12)19(21,22)23/h2-7,9,28H,1,8,10H2. The van der Waals surface area contributed by atoms with Gasteiger partial charge in [-0.15, -0.1) is 5.10 Å². The van der Waals surface area contributed by atoms with E-state index in [2.05, 4.69) is 22.1 Å². The number of nitrogens with zero attached hydrogens (tertiary/aromatic N) is 4. The first-order valence-electron chi connectivity index (χ1n) is 8.42. The van der Waals surface area contributed by atoms with Crippen molar-refractivity contribution in [2.45, 2.75) is 17.8 Å². The second-order valence-electron chi connectivity index (χ2n) is 6.19. The maximum Gasteiger partial charge on any atom is 0.416 e. The van der Waals surface area contributed by atoms with E-state index in [4.69, 9.17) is 11.6 Å². The van der Waals surface area contributed by atoms with Gasteiger partial charge >= 0.3 is 6.18 Å². The maximum absolute atomic E-state index is 12.8. The predicted octanol–water partition coefficient (Wildman–Crippen LogP) is 4.77. The van der Waals surface area contributed by atoms with Crippen LogP contribution in [-0.2, 0) is 17.4 Å². The van der Waals surface area contributed by atoms with E-state index in [-0.39, 0.29) is 29.3 Å². The lowest BCUT2D eigenvalue weighted by Gasteiger charge is -2.09. The van der Waals surface area contributed by atoms with E-state index in [1.165, 1.54) is 22.9 Å². The number of Topliss-reactive ketones (excluding diaryl/α,β-unsaturated/α-hetero) is 1. The molecule has 0 radical (unpaired) electrons. The number of aliphatic hydroxyl groups excluding tert-OH is 1. The monoisotopic (exact) mass is 454 g/mol. The molecule has 0 atom stereocenters. The van der Waals surface area contributed by atoms with E-state index in [1.54, 1.807) is 12.1 Å². The Hall–Kier alpha value is -2.85. The average Bonchev–Trinajstić information content (AvgIpc) is 3.15. The van der Waals surface area contributed by atoms with Gasteiger partial charge in [-0.3, -0.25) is 4.79 Å². The Kier molecular flexibility index (Phi) is 6.47. The molecule has 3 aromatic rings. The number of hydrogen-bond donors (Lipinski definition) is 1. The quantitative estimate of drug-likeness (QED) is 0.409. The van der Waals surface area contributed by atoms with E-state index in [1.807, 2.05) is 0 Å². The predicted molar refractivity (Wildman–Crippen MR) is 107 cm³/mol. The second kappa shape index (κ2) is 8.88. The molecule has 1 aromatic heterocycles. The fourth-order valence-corrected chi connectivity index (χ4v) is 3.56. The van der Waals surface area contributed by atoms with Crippen molar-refractivity contribution in [1.29, 1.82) is 0 Å². The van der Waals surface area contributed by atoms with E-state index in [0.29, 0.717) is 21.4 Å². The van der Waals surface area contributed by atoms with Crippen molar-refractivity contribution in [3.63, 3.8) is 0 Å². The van der Waals surface area contributed by atoms with Crippen molar-refractivity contribution >= 4 is 34.9 Å². The summed E-state index contributed by atoms with van der Waals surface area (Å²) in [6.07, 6.45) is -4.61. The molecular formula is C19H14ClF3N4O2S. The molecule has 3 rings (SSSR count). The number of thioether (sulfide) groups is 1. The maximum atomic E-state index is 12.8. The van der Waals surface area contributed by atoms with Crippen LogP contribution >= 0.6 is 23.4 Å². The highest BCUT2D eigenvalue weighted by Gasteiger charge is 2.30. The number of aromatic nitrogens is 4. The van der Waals surface area contributed by atoms with Gasteiger partial charge in [0.25, 0.3) is 0 Å². The summed E-state index contributed by atoms with van der Waals surface area (Å²) in [5.74, 6) is -0.543. The number of benzene rings is 2. The molecule has 11 heteroatoms. The Morgan fingerprint density at radius 1 is 1.23 bits per heavy atom. The third-order valence-corrected chi connectivity index (χ3v) is 5.27. The summed E-state index contributed by atoms with van der Waals surface area (Å²) in [6, 6.07) is 9.37. The molecule has 30 heavy (non-hydrogen) atoms. The van der Waals surface area contributed by atoms with Crippen LogP contribution in [0.25, 0.3) is 11.4 Å². The Morgan fingerprint density at radius 3 is 2.70 bits per heavy atom. The molecule has 0 saturated heterocycles. The van der Waals surface area contributed by atoms with E-state index in [0.717, 1.165) is 23.9 Å². The van der Waals surface area contributed by atoms with Gasteiger partial charge in [0, 0.05) is 12.0 Å². The molecule has 0 spiro atoms. The van der Waals surface area contributed by atoms with Gasteiger partial charge in [-0.25, -0.2) is 0 Å². The van der Waals surface area contributed by atoms with Crippen LogP contribution in [0.3, 0.4) is 0 Å². The number of tetrazole rings is 1. The molecule has 1 heterocycles. The molecule has 6 nitrogen and oxygen atoms in total. The summed E-state index contributed by atoms with van der Waals surface area (Å²) < 4.78 is 39.8. The average molecular weight is 455 g/mol. The van der Waals surface area contributed by atoms with Crippen molar-refractivity contribution in [3.8, 4) is 5.69 Å². The van der Waals surface area contributed by atoms with Crippen LogP contribution in [0.15, 0.2) is 54.2 Å². The summed E-state index contributed by atoms with van der Waals surface area (Å²) >= 11 is 7.05. The van der Waals surface area contributed by atoms with Crippen molar-refractivity contribution in [3.05, 3.63) is 70.8 Å². The number of aliphatic hydroxyl groups is 1. The van der Waals surface area contributed by atoms with Gasteiger partial charge in [-0.2, -0.15) is 17.9 Å². The summed E-state index contributed by atoms with van der Waals surface area (Å²) in [6.45, 7) is 3.44. The van der Waals surface area contributed by atoms with Gasteiger partial charge in [0.05, 0.1) is 22.0 Å². The normalized spacial score (nSPS) is 11.5. The number of carbonyl (C=O) groups is 1. The molecule has 1 N–H and O–H groups in total. The largest absolute Gasteiger partial charge is 0.508 e.